The van der Waals surface area contributed by atoms with E-state index in [2.05, 4.69) is 35.8 Å². The van der Waals surface area contributed by atoms with Crippen molar-refractivity contribution in [1.82, 2.24) is 0 Å². The van der Waals surface area contributed by atoms with Gasteiger partial charge in [-0.3, -0.25) is 4.79 Å². The summed E-state index contributed by atoms with van der Waals surface area (Å²) in [6.07, 6.45) is 7.84. The minimum atomic E-state index is -0.593. The molecule has 0 unspecified atom stereocenters. The maximum atomic E-state index is 12.9. The summed E-state index contributed by atoms with van der Waals surface area (Å²) in [7, 11) is 0. The fourth-order valence-corrected chi connectivity index (χ4v) is 5.25. The molecular weight excluding hydrogens is 412 g/mol. The number of allylic oxidation sites excluding steroid dienone is 1. The SMILES string of the molecule is CCN(CC)c1ccc2cc(C(=O)/C=C/c3cc4c5c(c3)CCCN5CCC4)c(=O)oc2c1. The summed E-state index contributed by atoms with van der Waals surface area (Å²) in [6, 6.07) is 11.8. The Hall–Kier alpha value is -3.34. The summed E-state index contributed by atoms with van der Waals surface area (Å²) in [4.78, 5) is 30.2. The van der Waals surface area contributed by atoms with Crippen molar-refractivity contribution in [3.63, 3.8) is 0 Å². The number of benzene rings is 2. The van der Waals surface area contributed by atoms with E-state index < -0.39 is 5.63 Å². The molecule has 0 aliphatic carbocycles. The van der Waals surface area contributed by atoms with Gasteiger partial charge in [-0.25, -0.2) is 4.79 Å². The van der Waals surface area contributed by atoms with Gasteiger partial charge in [-0.2, -0.15) is 0 Å². The molecule has 0 bridgehead atoms. The summed E-state index contributed by atoms with van der Waals surface area (Å²) < 4.78 is 5.53. The van der Waals surface area contributed by atoms with E-state index in [1.165, 1.54) is 35.7 Å². The van der Waals surface area contributed by atoms with Gasteiger partial charge in [0.05, 0.1) is 0 Å². The van der Waals surface area contributed by atoms with Crippen molar-refractivity contribution in [2.24, 2.45) is 0 Å². The van der Waals surface area contributed by atoms with Crippen LogP contribution in [0.3, 0.4) is 0 Å². The molecule has 0 spiro atoms. The lowest BCUT2D eigenvalue weighted by Crippen LogP contribution is -2.34. The lowest BCUT2D eigenvalue weighted by atomic mass is 9.90. The maximum Gasteiger partial charge on any atom is 0.347 e. The third kappa shape index (κ3) is 4.08. The molecular formula is C28H30N2O3. The monoisotopic (exact) mass is 442 g/mol. The van der Waals surface area contributed by atoms with Gasteiger partial charge in [-0.15, -0.1) is 0 Å². The second-order valence-corrected chi connectivity index (χ2v) is 8.92. The third-order valence-electron chi connectivity index (χ3n) is 6.90. The van der Waals surface area contributed by atoms with E-state index >= 15 is 0 Å². The predicted molar refractivity (Wildman–Crippen MR) is 135 cm³/mol. The second kappa shape index (κ2) is 8.89. The lowest BCUT2D eigenvalue weighted by molar-refractivity contribution is 0.104. The average Bonchev–Trinajstić information content (AvgIpc) is 2.83. The van der Waals surface area contributed by atoms with Crippen LogP contribution in [0, 0.1) is 0 Å². The van der Waals surface area contributed by atoms with Crippen molar-refractivity contribution in [1.29, 1.82) is 0 Å². The van der Waals surface area contributed by atoms with Gasteiger partial charge in [0.1, 0.15) is 11.1 Å². The van der Waals surface area contributed by atoms with Gasteiger partial charge in [0.15, 0.2) is 5.78 Å². The molecule has 0 N–H and O–H groups in total. The van der Waals surface area contributed by atoms with Crippen molar-refractivity contribution in [3.05, 3.63) is 75.1 Å². The number of nitrogens with zero attached hydrogens (tertiary/aromatic N) is 2. The predicted octanol–water partition coefficient (Wildman–Crippen LogP) is 5.23. The van der Waals surface area contributed by atoms with Crippen molar-refractivity contribution in [2.75, 3.05) is 36.0 Å². The summed E-state index contributed by atoms with van der Waals surface area (Å²) in [5.41, 5.74) is 6.17. The number of hydrogen-bond donors (Lipinski definition) is 0. The van der Waals surface area contributed by atoms with Crippen LogP contribution in [0.2, 0.25) is 0 Å². The fraction of sp³-hybridized carbons (Fsp3) is 0.357. The Labute approximate surface area is 194 Å². The van der Waals surface area contributed by atoms with Gasteiger partial charge in [0, 0.05) is 49.0 Å². The first kappa shape index (κ1) is 21.5. The topological polar surface area (TPSA) is 53.8 Å². The van der Waals surface area contributed by atoms with Crippen LogP contribution in [0.5, 0.6) is 0 Å². The Bertz CT molecular complexity index is 1270. The zero-order valence-corrected chi connectivity index (χ0v) is 19.4. The second-order valence-electron chi connectivity index (χ2n) is 8.92. The molecule has 0 atom stereocenters. The largest absolute Gasteiger partial charge is 0.422 e. The Kier molecular flexibility index (Phi) is 5.79. The molecule has 5 rings (SSSR count). The van der Waals surface area contributed by atoms with E-state index in [-0.39, 0.29) is 11.3 Å². The highest BCUT2D eigenvalue weighted by atomic mass is 16.4. The smallest absolute Gasteiger partial charge is 0.347 e. The number of aryl methyl sites for hydroxylation is 2. The lowest BCUT2D eigenvalue weighted by Gasteiger charge is -2.37. The van der Waals surface area contributed by atoms with Crippen LogP contribution < -0.4 is 15.4 Å². The van der Waals surface area contributed by atoms with Gasteiger partial charge < -0.3 is 14.2 Å². The molecule has 2 aliphatic heterocycles. The Morgan fingerprint density at radius 1 is 1.03 bits per heavy atom. The molecule has 33 heavy (non-hydrogen) atoms. The third-order valence-corrected chi connectivity index (χ3v) is 6.90. The van der Waals surface area contributed by atoms with E-state index in [0.29, 0.717) is 5.58 Å². The molecule has 170 valence electrons. The summed E-state index contributed by atoms with van der Waals surface area (Å²) in [6.45, 7) is 8.20. The first-order chi connectivity index (χ1) is 16.1. The van der Waals surface area contributed by atoms with Crippen LogP contribution >= 0.6 is 0 Å². The summed E-state index contributed by atoms with van der Waals surface area (Å²) >= 11 is 0. The molecule has 5 heteroatoms. The first-order valence-corrected chi connectivity index (χ1v) is 12.0. The molecule has 5 nitrogen and oxygen atoms in total. The molecule has 1 aromatic heterocycles. The molecule has 0 saturated carbocycles. The van der Waals surface area contributed by atoms with E-state index in [1.54, 1.807) is 6.07 Å². The Balaban J connectivity index is 1.43. The number of anilines is 2. The number of rotatable bonds is 6. The van der Waals surface area contributed by atoms with E-state index in [9.17, 15) is 9.59 Å². The van der Waals surface area contributed by atoms with Crippen LogP contribution in [0.1, 0.15) is 53.7 Å². The molecule has 0 saturated heterocycles. The van der Waals surface area contributed by atoms with Gasteiger partial charge in [-0.1, -0.05) is 6.08 Å². The van der Waals surface area contributed by atoms with Gasteiger partial charge >= 0.3 is 5.63 Å². The van der Waals surface area contributed by atoms with Crippen molar-refractivity contribution in [3.8, 4) is 0 Å². The highest BCUT2D eigenvalue weighted by Crippen LogP contribution is 2.36. The highest BCUT2D eigenvalue weighted by molar-refractivity contribution is 6.08. The fourth-order valence-electron chi connectivity index (χ4n) is 5.25. The molecule has 2 aromatic carbocycles. The average molecular weight is 443 g/mol. The van der Waals surface area contributed by atoms with Crippen LogP contribution in [0.25, 0.3) is 17.0 Å². The summed E-state index contributed by atoms with van der Waals surface area (Å²) in [5, 5.41) is 0.751. The zero-order valence-electron chi connectivity index (χ0n) is 19.4. The van der Waals surface area contributed by atoms with Gasteiger partial charge in [0.25, 0.3) is 0 Å². The van der Waals surface area contributed by atoms with Crippen LogP contribution in [-0.2, 0) is 12.8 Å². The van der Waals surface area contributed by atoms with E-state index in [0.717, 1.165) is 55.7 Å². The van der Waals surface area contributed by atoms with Crippen LogP contribution in [0.15, 0.2) is 51.7 Å². The zero-order chi connectivity index (χ0) is 22.9. The number of fused-ring (bicyclic) bond motifs is 1. The Morgan fingerprint density at radius 2 is 1.73 bits per heavy atom. The van der Waals surface area contributed by atoms with Crippen molar-refractivity contribution < 1.29 is 9.21 Å². The van der Waals surface area contributed by atoms with E-state index in [1.807, 2.05) is 24.3 Å². The standard InChI is InChI=1S/C28H30N2O3/c1-3-29(4-2)23-11-10-20-17-24(28(32)33-26(20)18-23)25(31)12-9-19-15-21-7-5-13-30-14-6-8-22(16-19)27(21)30/h9-12,15-18H,3-8,13-14H2,1-2H3/b12-9+. The number of carbonyl (C=O) groups excluding carboxylic acids is 1. The Morgan fingerprint density at radius 3 is 2.39 bits per heavy atom. The first-order valence-electron chi connectivity index (χ1n) is 12.0. The van der Waals surface area contributed by atoms with Crippen molar-refractivity contribution in [2.45, 2.75) is 39.5 Å². The minimum absolute atomic E-state index is 0.0693. The minimum Gasteiger partial charge on any atom is -0.422 e. The van der Waals surface area contributed by atoms with Crippen LogP contribution in [0.4, 0.5) is 11.4 Å². The molecule has 0 radical (unpaired) electrons. The van der Waals surface area contributed by atoms with Gasteiger partial charge in [0.2, 0.25) is 0 Å². The number of hydrogen-bond acceptors (Lipinski definition) is 5. The summed E-state index contributed by atoms with van der Waals surface area (Å²) in [5.74, 6) is -0.327. The van der Waals surface area contributed by atoms with E-state index in [4.69, 9.17) is 4.42 Å². The molecule has 3 heterocycles. The van der Waals surface area contributed by atoms with Crippen LogP contribution in [-0.4, -0.2) is 32.0 Å². The quantitative estimate of drug-likeness (QED) is 0.297. The number of carbonyl (C=O) groups is 1. The molecule has 0 amide bonds. The molecule has 3 aromatic rings. The van der Waals surface area contributed by atoms with Crippen molar-refractivity contribution >= 4 is 34.2 Å². The highest BCUT2D eigenvalue weighted by Gasteiger charge is 2.24. The molecule has 2 aliphatic rings. The normalized spacial score (nSPS) is 15.2. The number of ketones is 1. The van der Waals surface area contributed by atoms with Gasteiger partial charge in [-0.05, 0) is 92.6 Å². The maximum absolute atomic E-state index is 12.9. The molecule has 0 fully saturated rings.